The molecule has 0 bridgehead atoms. The van der Waals surface area contributed by atoms with Gasteiger partial charge < -0.3 is 0 Å². The lowest BCUT2D eigenvalue weighted by Crippen LogP contribution is -2.07. The highest BCUT2D eigenvalue weighted by atomic mass is 35.5. The largest absolute Gasteiger partial charge is 0.417 e. The highest BCUT2D eigenvalue weighted by Gasteiger charge is 2.32. The molecule has 2 aromatic heterocycles. The average molecular weight is 403 g/mol. The van der Waals surface area contributed by atoms with Gasteiger partial charge in [-0.15, -0.1) is 0 Å². The molecule has 2 heterocycles. The molecule has 0 amide bonds. The fourth-order valence-electron chi connectivity index (χ4n) is 1.53. The second kappa shape index (κ2) is 7.04. The van der Waals surface area contributed by atoms with Crippen molar-refractivity contribution in [1.29, 1.82) is 0 Å². The number of hydrogen-bond donors (Lipinski definition) is 1. The quantitative estimate of drug-likeness (QED) is 0.432. The van der Waals surface area contributed by atoms with Gasteiger partial charge in [-0.3, -0.25) is 10.4 Å². The van der Waals surface area contributed by atoms with E-state index in [2.05, 4.69) is 20.5 Å². The second-order valence-corrected chi connectivity index (χ2v) is 5.33. The second-order valence-electron chi connectivity index (χ2n) is 4.51. The Kier molecular flexibility index (Phi) is 5.43. The number of pyridine rings is 2. The lowest BCUT2D eigenvalue weighted by atomic mass is 10.2. The van der Waals surface area contributed by atoms with Crippen LogP contribution < -0.4 is 5.43 Å². The summed E-state index contributed by atoms with van der Waals surface area (Å²) in [6.45, 7) is 0. The Morgan fingerprint density at radius 2 is 1.40 bits per heavy atom. The van der Waals surface area contributed by atoms with Crippen molar-refractivity contribution in [3.8, 4) is 0 Å². The number of hydrogen-bond acceptors (Lipinski definition) is 4. The van der Waals surface area contributed by atoms with Crippen molar-refractivity contribution in [2.45, 2.75) is 12.4 Å². The molecule has 0 fully saturated rings. The zero-order valence-corrected chi connectivity index (χ0v) is 13.3. The fraction of sp³-hybridized carbons (Fsp3) is 0.154. The minimum Gasteiger partial charge on any atom is -0.260 e. The molecule has 2 aromatic rings. The molecule has 0 unspecified atom stereocenters. The molecule has 0 aliphatic heterocycles. The third kappa shape index (κ3) is 4.95. The van der Waals surface area contributed by atoms with Gasteiger partial charge in [-0.25, -0.2) is 4.98 Å². The van der Waals surface area contributed by atoms with E-state index in [-0.39, 0.29) is 21.6 Å². The first-order chi connectivity index (χ1) is 11.5. The van der Waals surface area contributed by atoms with Crippen LogP contribution in [0.15, 0.2) is 29.6 Å². The third-order valence-corrected chi connectivity index (χ3v) is 3.31. The molecular formula is C13H6Cl2F6N4. The standard InChI is InChI=1S/C13H6Cl2F6N4/c14-8-1-6(12(16,17)18)3-22-10(8)5-24-25-11-9(15)2-7(4-23-11)13(19,20)21/h1-5H,(H,23,25)/b24-5+. The first kappa shape index (κ1) is 19.3. The normalized spacial score (nSPS) is 12.6. The summed E-state index contributed by atoms with van der Waals surface area (Å²) in [4.78, 5) is 6.97. The van der Waals surface area contributed by atoms with Gasteiger partial charge in [0, 0.05) is 12.4 Å². The molecular weight excluding hydrogens is 397 g/mol. The molecule has 0 radical (unpaired) electrons. The molecule has 0 saturated heterocycles. The number of aromatic nitrogens is 2. The third-order valence-electron chi connectivity index (χ3n) is 2.72. The van der Waals surface area contributed by atoms with Gasteiger partial charge in [-0.1, -0.05) is 23.2 Å². The van der Waals surface area contributed by atoms with E-state index in [4.69, 9.17) is 23.2 Å². The van der Waals surface area contributed by atoms with Gasteiger partial charge in [0.1, 0.15) is 5.69 Å². The van der Waals surface area contributed by atoms with E-state index in [9.17, 15) is 26.3 Å². The van der Waals surface area contributed by atoms with E-state index in [0.29, 0.717) is 24.5 Å². The summed E-state index contributed by atoms with van der Waals surface area (Å²) in [5.41, 5.74) is 0.0834. The van der Waals surface area contributed by atoms with Crippen LogP contribution in [0.2, 0.25) is 10.0 Å². The maximum Gasteiger partial charge on any atom is 0.417 e. The summed E-state index contributed by atoms with van der Waals surface area (Å²) in [5, 5.41) is 2.92. The molecule has 0 atom stereocenters. The van der Waals surface area contributed by atoms with Crippen molar-refractivity contribution in [1.82, 2.24) is 9.97 Å². The first-order valence-electron chi connectivity index (χ1n) is 6.23. The predicted octanol–water partition coefficient (Wildman–Crippen LogP) is 5.27. The van der Waals surface area contributed by atoms with Crippen molar-refractivity contribution in [2.75, 3.05) is 5.43 Å². The average Bonchev–Trinajstić information content (AvgIpc) is 2.48. The van der Waals surface area contributed by atoms with Gasteiger partial charge in [-0.05, 0) is 12.1 Å². The smallest absolute Gasteiger partial charge is 0.260 e. The molecule has 1 N–H and O–H groups in total. The van der Waals surface area contributed by atoms with E-state index < -0.39 is 23.5 Å². The van der Waals surface area contributed by atoms with E-state index in [1.54, 1.807) is 0 Å². The first-order valence-corrected chi connectivity index (χ1v) is 6.98. The van der Waals surface area contributed by atoms with Crippen LogP contribution in [-0.2, 0) is 12.4 Å². The summed E-state index contributed by atoms with van der Waals surface area (Å²) in [6.07, 6.45) is -7.11. The minimum absolute atomic E-state index is 0.0924. The van der Waals surface area contributed by atoms with Gasteiger partial charge in [0.15, 0.2) is 5.82 Å². The highest BCUT2D eigenvalue weighted by Crippen LogP contribution is 2.32. The van der Waals surface area contributed by atoms with Gasteiger partial charge in [0.05, 0.1) is 27.4 Å². The van der Waals surface area contributed by atoms with Crippen molar-refractivity contribution in [3.05, 3.63) is 51.4 Å². The van der Waals surface area contributed by atoms with E-state index in [1.807, 2.05) is 0 Å². The Morgan fingerprint density at radius 1 is 0.880 bits per heavy atom. The van der Waals surface area contributed by atoms with Crippen LogP contribution in [0.25, 0.3) is 0 Å². The molecule has 2 rings (SSSR count). The van der Waals surface area contributed by atoms with Crippen LogP contribution in [0.3, 0.4) is 0 Å². The number of anilines is 1. The Bertz CT molecular complexity index is 804. The molecule has 0 aromatic carbocycles. The number of hydrazone groups is 1. The van der Waals surface area contributed by atoms with Crippen LogP contribution >= 0.6 is 23.2 Å². The lowest BCUT2D eigenvalue weighted by molar-refractivity contribution is -0.138. The topological polar surface area (TPSA) is 50.2 Å². The summed E-state index contributed by atoms with van der Waals surface area (Å²) >= 11 is 11.3. The van der Waals surface area contributed by atoms with Gasteiger partial charge >= 0.3 is 12.4 Å². The fourth-order valence-corrected chi connectivity index (χ4v) is 1.95. The SMILES string of the molecule is FC(F)(F)c1cnc(/C=N/Nc2ncc(C(F)(F)F)cc2Cl)c(Cl)c1. The van der Waals surface area contributed by atoms with Gasteiger partial charge in [0.25, 0.3) is 0 Å². The van der Waals surface area contributed by atoms with Crippen LogP contribution in [-0.4, -0.2) is 16.2 Å². The zero-order chi connectivity index (χ0) is 18.8. The molecule has 0 saturated carbocycles. The number of rotatable bonds is 3. The number of halogens is 8. The number of alkyl halides is 6. The van der Waals surface area contributed by atoms with Crippen LogP contribution in [0.5, 0.6) is 0 Å². The maximum atomic E-state index is 12.5. The molecule has 4 nitrogen and oxygen atoms in total. The molecule has 25 heavy (non-hydrogen) atoms. The lowest BCUT2D eigenvalue weighted by Gasteiger charge is -2.08. The van der Waals surface area contributed by atoms with Gasteiger partial charge in [0.2, 0.25) is 0 Å². The highest BCUT2D eigenvalue weighted by molar-refractivity contribution is 6.33. The van der Waals surface area contributed by atoms with Crippen molar-refractivity contribution >= 4 is 35.2 Å². The maximum absolute atomic E-state index is 12.5. The summed E-state index contributed by atoms with van der Waals surface area (Å²) < 4.78 is 74.9. The minimum atomic E-state index is -4.60. The Labute approximate surface area is 146 Å². The molecule has 0 aliphatic carbocycles. The molecule has 134 valence electrons. The summed E-state index contributed by atoms with van der Waals surface area (Å²) in [5.74, 6) is -0.186. The van der Waals surface area contributed by atoms with Crippen molar-refractivity contribution in [2.24, 2.45) is 5.10 Å². The van der Waals surface area contributed by atoms with Crippen molar-refractivity contribution < 1.29 is 26.3 Å². The summed E-state index contributed by atoms with van der Waals surface area (Å²) in [7, 11) is 0. The Hall–Kier alpha value is -2.07. The molecule has 0 aliphatic rings. The van der Waals surface area contributed by atoms with Crippen LogP contribution in [0.1, 0.15) is 16.8 Å². The van der Waals surface area contributed by atoms with E-state index >= 15 is 0 Å². The Balaban J connectivity index is 2.14. The monoisotopic (exact) mass is 402 g/mol. The summed E-state index contributed by atoms with van der Waals surface area (Å²) in [6, 6.07) is 1.31. The van der Waals surface area contributed by atoms with E-state index in [1.165, 1.54) is 0 Å². The zero-order valence-electron chi connectivity index (χ0n) is 11.8. The van der Waals surface area contributed by atoms with E-state index in [0.717, 1.165) is 6.21 Å². The molecule has 0 spiro atoms. The van der Waals surface area contributed by atoms with Crippen LogP contribution in [0, 0.1) is 0 Å². The number of nitrogens with one attached hydrogen (secondary N) is 1. The van der Waals surface area contributed by atoms with Crippen molar-refractivity contribution in [3.63, 3.8) is 0 Å². The Morgan fingerprint density at radius 3 is 1.88 bits per heavy atom. The van der Waals surface area contributed by atoms with Crippen LogP contribution in [0.4, 0.5) is 32.2 Å². The predicted molar refractivity (Wildman–Crippen MR) is 79.7 cm³/mol. The number of nitrogens with zero attached hydrogens (tertiary/aromatic N) is 3. The van der Waals surface area contributed by atoms with Gasteiger partial charge in [-0.2, -0.15) is 31.4 Å². The molecule has 12 heteroatoms.